The van der Waals surface area contributed by atoms with Crippen molar-refractivity contribution in [1.82, 2.24) is 4.98 Å². The zero-order chi connectivity index (χ0) is 17.9. The van der Waals surface area contributed by atoms with Crippen LogP contribution in [0.4, 0.5) is 5.69 Å². The quantitative estimate of drug-likeness (QED) is 0.803. The summed E-state index contributed by atoms with van der Waals surface area (Å²) in [7, 11) is 3.10. The molecule has 1 heterocycles. The van der Waals surface area contributed by atoms with Crippen LogP contribution in [0.15, 0.2) is 18.2 Å². The molecule has 1 aromatic heterocycles. The van der Waals surface area contributed by atoms with Crippen molar-refractivity contribution >= 4 is 34.8 Å². The summed E-state index contributed by atoms with van der Waals surface area (Å²) in [5.41, 5.74) is 2.68. The van der Waals surface area contributed by atoms with Crippen LogP contribution in [0.1, 0.15) is 16.8 Å². The van der Waals surface area contributed by atoms with Gasteiger partial charge in [-0.2, -0.15) is 0 Å². The van der Waals surface area contributed by atoms with Crippen molar-refractivity contribution in [2.45, 2.75) is 20.3 Å². The highest BCUT2D eigenvalue weighted by atomic mass is 35.5. The summed E-state index contributed by atoms with van der Waals surface area (Å²) in [4.78, 5) is 16.5. The second kappa shape index (κ2) is 7.73. The average molecular weight is 369 g/mol. The van der Waals surface area contributed by atoms with Gasteiger partial charge in [0.1, 0.15) is 5.15 Å². The number of nitrogens with zero attached hydrogens (tertiary/aromatic N) is 1. The number of ether oxygens (including phenoxy) is 2. The van der Waals surface area contributed by atoms with Crippen molar-refractivity contribution in [1.29, 1.82) is 0 Å². The molecule has 1 aromatic carbocycles. The molecule has 0 saturated carbocycles. The molecular formula is C17H18Cl2N2O3. The van der Waals surface area contributed by atoms with E-state index in [1.165, 1.54) is 7.11 Å². The topological polar surface area (TPSA) is 60.5 Å². The van der Waals surface area contributed by atoms with E-state index < -0.39 is 0 Å². The van der Waals surface area contributed by atoms with Gasteiger partial charge >= 0.3 is 0 Å². The summed E-state index contributed by atoms with van der Waals surface area (Å²) < 4.78 is 10.5. The summed E-state index contributed by atoms with van der Waals surface area (Å²) in [6.07, 6.45) is 0.0265. The molecule has 2 aromatic rings. The van der Waals surface area contributed by atoms with E-state index in [-0.39, 0.29) is 17.5 Å². The van der Waals surface area contributed by atoms with E-state index in [1.807, 2.05) is 6.92 Å². The molecule has 2 rings (SSSR count). The maximum Gasteiger partial charge on any atom is 0.228 e. The Morgan fingerprint density at radius 2 is 1.75 bits per heavy atom. The lowest BCUT2D eigenvalue weighted by atomic mass is 10.1. The second-order valence-electron chi connectivity index (χ2n) is 5.26. The number of amides is 1. The van der Waals surface area contributed by atoms with Crippen molar-refractivity contribution in [2.24, 2.45) is 0 Å². The Kier molecular flexibility index (Phi) is 5.91. The number of carbonyl (C=O) groups is 1. The van der Waals surface area contributed by atoms with E-state index >= 15 is 0 Å². The Bertz CT molecular complexity index is 756. The van der Waals surface area contributed by atoms with Gasteiger partial charge in [-0.25, -0.2) is 4.98 Å². The molecule has 7 heteroatoms. The number of halogens is 2. The van der Waals surface area contributed by atoms with Gasteiger partial charge in [-0.1, -0.05) is 23.2 Å². The molecule has 0 aliphatic heterocycles. The number of aryl methyl sites for hydroxylation is 2. The Morgan fingerprint density at radius 1 is 1.12 bits per heavy atom. The van der Waals surface area contributed by atoms with Crippen LogP contribution in [0.25, 0.3) is 0 Å². The second-order valence-corrected chi connectivity index (χ2v) is 6.03. The van der Waals surface area contributed by atoms with Gasteiger partial charge < -0.3 is 14.8 Å². The molecule has 1 amide bonds. The third-order valence-corrected chi connectivity index (χ3v) is 4.14. The number of rotatable bonds is 5. The molecule has 24 heavy (non-hydrogen) atoms. The van der Waals surface area contributed by atoms with Crippen LogP contribution in [0, 0.1) is 13.8 Å². The standard InChI is InChI=1S/C17H18Cl2N2O3/c1-9-5-14(23-3)15(24-4)8-13(9)21-16(22)7-11-12(18)6-10(2)20-17(11)19/h5-6,8H,7H2,1-4H3,(H,21,22). The van der Waals surface area contributed by atoms with Crippen LogP contribution in [0.2, 0.25) is 10.2 Å². The summed E-state index contributed by atoms with van der Waals surface area (Å²) in [5, 5.41) is 3.49. The molecule has 0 saturated heterocycles. The molecule has 0 atom stereocenters. The third kappa shape index (κ3) is 4.10. The fraction of sp³-hybridized carbons (Fsp3) is 0.294. The fourth-order valence-electron chi connectivity index (χ4n) is 2.25. The number of pyridine rings is 1. The minimum atomic E-state index is -0.250. The molecule has 0 aliphatic rings. The number of hydrogen-bond acceptors (Lipinski definition) is 4. The van der Waals surface area contributed by atoms with Gasteiger partial charge in [-0.15, -0.1) is 0 Å². The first-order valence-corrected chi connectivity index (χ1v) is 7.95. The molecule has 1 N–H and O–H groups in total. The van der Waals surface area contributed by atoms with Gasteiger partial charge in [0, 0.05) is 28.0 Å². The molecule has 0 fully saturated rings. The lowest BCUT2D eigenvalue weighted by molar-refractivity contribution is -0.115. The van der Waals surface area contributed by atoms with Crippen molar-refractivity contribution in [3.05, 3.63) is 45.2 Å². The highest BCUT2D eigenvalue weighted by molar-refractivity contribution is 6.35. The Balaban J connectivity index is 2.22. The van der Waals surface area contributed by atoms with Crippen molar-refractivity contribution in [3.63, 3.8) is 0 Å². The minimum absolute atomic E-state index is 0.0265. The van der Waals surface area contributed by atoms with Crippen molar-refractivity contribution < 1.29 is 14.3 Å². The smallest absolute Gasteiger partial charge is 0.228 e. The van der Waals surface area contributed by atoms with Gasteiger partial charge in [0.05, 0.1) is 20.6 Å². The van der Waals surface area contributed by atoms with Crippen molar-refractivity contribution in [3.8, 4) is 11.5 Å². The maximum absolute atomic E-state index is 12.3. The number of nitrogens with one attached hydrogen (secondary N) is 1. The van der Waals surface area contributed by atoms with Crippen LogP contribution >= 0.6 is 23.2 Å². The summed E-state index contributed by atoms with van der Waals surface area (Å²) in [6.45, 7) is 3.65. The monoisotopic (exact) mass is 368 g/mol. The highest BCUT2D eigenvalue weighted by Gasteiger charge is 2.15. The molecule has 0 spiro atoms. The molecule has 0 bridgehead atoms. The normalized spacial score (nSPS) is 10.4. The number of aromatic nitrogens is 1. The van der Waals surface area contributed by atoms with Gasteiger partial charge in [0.15, 0.2) is 11.5 Å². The van der Waals surface area contributed by atoms with E-state index in [4.69, 9.17) is 32.7 Å². The van der Waals surface area contributed by atoms with Crippen LogP contribution in [0.3, 0.4) is 0 Å². The van der Waals surface area contributed by atoms with Gasteiger partial charge in [-0.05, 0) is 31.5 Å². The number of methoxy groups -OCH3 is 2. The summed E-state index contributed by atoms with van der Waals surface area (Å²) in [5.74, 6) is 0.882. The van der Waals surface area contributed by atoms with Crippen LogP contribution < -0.4 is 14.8 Å². The van der Waals surface area contributed by atoms with E-state index in [9.17, 15) is 4.79 Å². The predicted molar refractivity (Wildman–Crippen MR) is 95.6 cm³/mol. The minimum Gasteiger partial charge on any atom is -0.493 e. The van der Waals surface area contributed by atoms with Crippen LogP contribution in [-0.4, -0.2) is 25.1 Å². The van der Waals surface area contributed by atoms with Crippen LogP contribution in [0.5, 0.6) is 11.5 Å². The largest absolute Gasteiger partial charge is 0.493 e. The predicted octanol–water partition coefficient (Wildman–Crippen LogP) is 4.20. The van der Waals surface area contributed by atoms with E-state index in [1.54, 1.807) is 32.2 Å². The number of anilines is 1. The first kappa shape index (κ1) is 18.4. The average Bonchev–Trinajstić information content (AvgIpc) is 2.52. The molecular weight excluding hydrogens is 351 g/mol. The molecule has 0 radical (unpaired) electrons. The highest BCUT2D eigenvalue weighted by Crippen LogP contribution is 2.33. The fourth-order valence-corrected chi connectivity index (χ4v) is 2.92. The zero-order valence-electron chi connectivity index (χ0n) is 13.9. The van der Waals surface area contributed by atoms with Gasteiger partial charge in [-0.3, -0.25) is 4.79 Å². The number of hydrogen-bond donors (Lipinski definition) is 1. The maximum atomic E-state index is 12.3. The van der Waals surface area contributed by atoms with E-state index in [0.717, 1.165) is 5.56 Å². The molecule has 128 valence electrons. The third-order valence-electron chi connectivity index (χ3n) is 3.49. The first-order chi connectivity index (χ1) is 11.3. The molecule has 0 aliphatic carbocycles. The molecule has 0 unspecified atom stereocenters. The van der Waals surface area contributed by atoms with Crippen LogP contribution in [-0.2, 0) is 11.2 Å². The lowest BCUT2D eigenvalue weighted by Gasteiger charge is -2.14. The van der Waals surface area contributed by atoms with Gasteiger partial charge in [0.25, 0.3) is 0 Å². The number of benzene rings is 1. The van der Waals surface area contributed by atoms with Gasteiger partial charge in [0.2, 0.25) is 5.91 Å². The van der Waals surface area contributed by atoms with E-state index in [0.29, 0.717) is 33.5 Å². The lowest BCUT2D eigenvalue weighted by Crippen LogP contribution is -2.16. The summed E-state index contributed by atoms with van der Waals surface area (Å²) in [6, 6.07) is 5.18. The zero-order valence-corrected chi connectivity index (χ0v) is 15.4. The number of carbonyl (C=O) groups excluding carboxylic acids is 1. The SMILES string of the molecule is COc1cc(C)c(NC(=O)Cc2c(Cl)cc(C)nc2Cl)cc1OC. The van der Waals surface area contributed by atoms with E-state index in [2.05, 4.69) is 10.3 Å². The molecule has 5 nitrogen and oxygen atoms in total. The Hall–Kier alpha value is -1.98. The van der Waals surface area contributed by atoms with Crippen molar-refractivity contribution in [2.75, 3.05) is 19.5 Å². The first-order valence-electron chi connectivity index (χ1n) is 7.19. The Labute approximate surface area is 150 Å². The summed E-state index contributed by atoms with van der Waals surface area (Å²) >= 11 is 12.2. The Morgan fingerprint density at radius 3 is 2.33 bits per heavy atom.